The van der Waals surface area contributed by atoms with Gasteiger partial charge in [-0.3, -0.25) is 14.6 Å². The Morgan fingerprint density at radius 3 is 2.55 bits per heavy atom. The number of hydrogen-bond acceptors (Lipinski definition) is 5. The van der Waals surface area contributed by atoms with E-state index >= 15 is 0 Å². The summed E-state index contributed by atoms with van der Waals surface area (Å²) >= 11 is 0. The molecule has 31 heavy (non-hydrogen) atoms. The van der Waals surface area contributed by atoms with Gasteiger partial charge in [0, 0.05) is 51.3 Å². The Balaban J connectivity index is 0.00000341. The third-order valence-corrected chi connectivity index (χ3v) is 7.01. The first kappa shape index (κ1) is 25.4. The molecule has 0 aliphatic carbocycles. The third-order valence-electron chi connectivity index (χ3n) is 5.25. The highest BCUT2D eigenvalue weighted by molar-refractivity contribution is 14.0. The molecule has 3 rings (SSSR count). The molecule has 172 valence electrons. The smallest absolute Gasteiger partial charge is 0.227 e. The second-order valence-electron chi connectivity index (χ2n) is 7.59. The maximum Gasteiger partial charge on any atom is 0.227 e. The Kier molecular flexibility index (Phi) is 9.54. The van der Waals surface area contributed by atoms with Gasteiger partial charge in [-0.1, -0.05) is 12.1 Å². The lowest BCUT2D eigenvalue weighted by Gasteiger charge is -2.16. The molecule has 0 spiro atoms. The maximum atomic E-state index is 12.0. The van der Waals surface area contributed by atoms with E-state index in [0.717, 1.165) is 24.2 Å². The number of carbonyl (C=O) groups excluding carboxylic acids is 2. The van der Waals surface area contributed by atoms with E-state index in [9.17, 15) is 18.0 Å². The van der Waals surface area contributed by atoms with E-state index in [-0.39, 0.29) is 59.8 Å². The molecule has 0 radical (unpaired) electrons. The van der Waals surface area contributed by atoms with Gasteiger partial charge in [-0.15, -0.1) is 24.0 Å². The number of halogens is 1. The molecule has 2 aliphatic heterocycles. The van der Waals surface area contributed by atoms with Crippen molar-refractivity contribution in [3.8, 4) is 0 Å². The first-order chi connectivity index (χ1) is 14.4. The van der Waals surface area contributed by atoms with Gasteiger partial charge in [0.15, 0.2) is 15.8 Å². The van der Waals surface area contributed by atoms with Gasteiger partial charge in [0.2, 0.25) is 11.8 Å². The zero-order valence-corrected chi connectivity index (χ0v) is 20.7. The number of amides is 2. The van der Waals surface area contributed by atoms with Crippen LogP contribution >= 0.6 is 24.0 Å². The average Bonchev–Trinajstić information content (AvgIpc) is 3.29. The van der Waals surface area contributed by atoms with Gasteiger partial charge in [0.25, 0.3) is 0 Å². The molecule has 0 saturated carbocycles. The van der Waals surface area contributed by atoms with Crippen LogP contribution in [0, 0.1) is 0 Å². The van der Waals surface area contributed by atoms with Gasteiger partial charge in [0.1, 0.15) is 0 Å². The molecule has 0 bridgehead atoms. The van der Waals surface area contributed by atoms with Crippen LogP contribution in [0.4, 0.5) is 5.69 Å². The number of guanidine groups is 1. The SMILES string of the molecule is CN=C(NCCC(=O)NC1CCS(=O)(=O)C1)NCc1ccc(N2CCCC2=O)cc1.I. The van der Waals surface area contributed by atoms with Crippen LogP contribution in [-0.4, -0.2) is 63.9 Å². The van der Waals surface area contributed by atoms with E-state index < -0.39 is 9.84 Å². The number of hydrogen-bond donors (Lipinski definition) is 3. The zero-order valence-electron chi connectivity index (χ0n) is 17.6. The lowest BCUT2D eigenvalue weighted by molar-refractivity contribution is -0.121. The fraction of sp³-hybridized carbons (Fsp3) is 0.550. The standard InChI is InChI=1S/C20H29N5O4S.HI/c1-21-20(22-10-8-18(26)24-16-9-12-30(28,29)14-16)23-13-15-4-6-17(7-5-15)25-11-2-3-19(25)27;/h4-7,16H,2-3,8-14H2,1H3,(H,24,26)(H2,21,22,23);1H. The quantitative estimate of drug-likeness (QED) is 0.257. The van der Waals surface area contributed by atoms with Crippen LogP contribution in [0.2, 0.25) is 0 Å². The molecule has 1 atom stereocenters. The van der Waals surface area contributed by atoms with Crippen LogP contribution in [0.1, 0.15) is 31.2 Å². The van der Waals surface area contributed by atoms with Crippen molar-refractivity contribution in [1.82, 2.24) is 16.0 Å². The summed E-state index contributed by atoms with van der Waals surface area (Å²) in [6, 6.07) is 7.57. The van der Waals surface area contributed by atoms with Crippen molar-refractivity contribution < 1.29 is 18.0 Å². The summed E-state index contributed by atoms with van der Waals surface area (Å²) in [5.74, 6) is 0.739. The van der Waals surface area contributed by atoms with Crippen molar-refractivity contribution in [2.24, 2.45) is 4.99 Å². The number of carbonyl (C=O) groups is 2. The maximum absolute atomic E-state index is 12.0. The lowest BCUT2D eigenvalue weighted by Crippen LogP contribution is -2.40. The first-order valence-electron chi connectivity index (χ1n) is 10.2. The molecule has 2 saturated heterocycles. The summed E-state index contributed by atoms with van der Waals surface area (Å²) in [6.07, 6.45) is 2.23. The molecule has 0 aromatic heterocycles. The number of nitrogens with zero attached hydrogens (tertiary/aromatic N) is 2. The second kappa shape index (κ2) is 11.7. The highest BCUT2D eigenvalue weighted by Crippen LogP contribution is 2.21. The molecular weight excluding hydrogens is 533 g/mol. The van der Waals surface area contributed by atoms with E-state index in [0.29, 0.717) is 31.9 Å². The highest BCUT2D eigenvalue weighted by atomic mass is 127. The number of benzene rings is 1. The molecule has 2 fully saturated rings. The number of nitrogens with one attached hydrogen (secondary N) is 3. The van der Waals surface area contributed by atoms with Crippen LogP contribution in [0.25, 0.3) is 0 Å². The predicted octanol–water partition coefficient (Wildman–Crippen LogP) is 0.790. The van der Waals surface area contributed by atoms with Gasteiger partial charge in [-0.2, -0.15) is 0 Å². The molecule has 2 aliphatic rings. The molecule has 9 nitrogen and oxygen atoms in total. The Hall–Kier alpha value is -1.89. The van der Waals surface area contributed by atoms with Gasteiger partial charge >= 0.3 is 0 Å². The van der Waals surface area contributed by atoms with Crippen molar-refractivity contribution >= 4 is 57.3 Å². The summed E-state index contributed by atoms with van der Waals surface area (Å²) in [7, 11) is -1.35. The minimum atomic E-state index is -3.00. The lowest BCUT2D eigenvalue weighted by atomic mass is 10.2. The van der Waals surface area contributed by atoms with E-state index in [2.05, 4.69) is 20.9 Å². The zero-order chi connectivity index (χ0) is 21.6. The topological polar surface area (TPSA) is 120 Å². The average molecular weight is 563 g/mol. The van der Waals surface area contributed by atoms with Crippen LogP contribution in [0.15, 0.2) is 29.3 Å². The second-order valence-corrected chi connectivity index (χ2v) is 9.81. The van der Waals surface area contributed by atoms with Crippen molar-refractivity contribution in [2.45, 2.75) is 38.3 Å². The Morgan fingerprint density at radius 2 is 1.97 bits per heavy atom. The summed E-state index contributed by atoms with van der Waals surface area (Å²) in [4.78, 5) is 29.8. The number of sulfone groups is 1. The van der Waals surface area contributed by atoms with Gasteiger partial charge < -0.3 is 20.9 Å². The van der Waals surface area contributed by atoms with Crippen LogP contribution in [0.5, 0.6) is 0 Å². The monoisotopic (exact) mass is 563 g/mol. The van der Waals surface area contributed by atoms with Crippen molar-refractivity contribution in [1.29, 1.82) is 0 Å². The van der Waals surface area contributed by atoms with E-state index in [1.165, 1.54) is 0 Å². The van der Waals surface area contributed by atoms with Gasteiger partial charge in [-0.25, -0.2) is 8.42 Å². The van der Waals surface area contributed by atoms with E-state index in [1.807, 2.05) is 29.2 Å². The first-order valence-corrected chi connectivity index (χ1v) is 12.0. The number of aliphatic imine (C=N–C) groups is 1. The molecule has 1 aromatic carbocycles. The Bertz CT molecular complexity index is 905. The molecular formula is C20H30IN5O4S. The number of anilines is 1. The summed E-state index contributed by atoms with van der Waals surface area (Å²) in [5, 5.41) is 9.04. The minimum Gasteiger partial charge on any atom is -0.356 e. The molecule has 11 heteroatoms. The van der Waals surface area contributed by atoms with Crippen LogP contribution in [-0.2, 0) is 26.0 Å². The van der Waals surface area contributed by atoms with Crippen molar-refractivity contribution in [3.63, 3.8) is 0 Å². The molecule has 1 unspecified atom stereocenters. The predicted molar refractivity (Wildman–Crippen MR) is 131 cm³/mol. The minimum absolute atomic E-state index is 0. The number of rotatable bonds is 7. The van der Waals surface area contributed by atoms with Gasteiger partial charge in [0.05, 0.1) is 11.5 Å². The molecule has 2 amide bonds. The normalized spacial score (nSPS) is 20.3. The largest absolute Gasteiger partial charge is 0.356 e. The molecule has 3 N–H and O–H groups in total. The fourth-order valence-electron chi connectivity index (χ4n) is 3.62. The third kappa shape index (κ3) is 7.63. The Labute approximate surface area is 200 Å². The van der Waals surface area contributed by atoms with Crippen LogP contribution in [0.3, 0.4) is 0 Å². The van der Waals surface area contributed by atoms with Crippen molar-refractivity contribution in [3.05, 3.63) is 29.8 Å². The van der Waals surface area contributed by atoms with Crippen LogP contribution < -0.4 is 20.9 Å². The summed E-state index contributed by atoms with van der Waals surface area (Å²) in [6.45, 7) is 1.72. The Morgan fingerprint density at radius 1 is 1.23 bits per heavy atom. The summed E-state index contributed by atoms with van der Waals surface area (Å²) < 4.78 is 22.9. The molecule has 2 heterocycles. The van der Waals surface area contributed by atoms with E-state index in [1.54, 1.807) is 7.05 Å². The van der Waals surface area contributed by atoms with Gasteiger partial charge in [-0.05, 0) is 30.5 Å². The molecule has 1 aromatic rings. The van der Waals surface area contributed by atoms with Crippen molar-refractivity contribution in [2.75, 3.05) is 36.5 Å². The highest BCUT2D eigenvalue weighted by Gasteiger charge is 2.28. The summed E-state index contributed by atoms with van der Waals surface area (Å²) in [5.41, 5.74) is 1.97. The fourth-order valence-corrected chi connectivity index (χ4v) is 5.30. The van der Waals surface area contributed by atoms with E-state index in [4.69, 9.17) is 0 Å².